The lowest BCUT2D eigenvalue weighted by molar-refractivity contribution is 1.21. The van der Waals surface area contributed by atoms with Crippen LogP contribution in [-0.2, 0) is 0 Å². The molecule has 0 heterocycles. The third-order valence-electron chi connectivity index (χ3n) is 0.386. The number of nitrogens with one attached hydrogen (secondary N) is 1. The summed E-state index contributed by atoms with van der Waals surface area (Å²) in [5.74, 6) is 0. The molecule has 0 saturated carbocycles. The maximum atomic E-state index is 3.68. The first-order valence-corrected chi connectivity index (χ1v) is 2.01. The molecule has 0 aromatic heterocycles. The van der Waals surface area contributed by atoms with Crippen LogP contribution >= 0.6 is 0 Å². The highest BCUT2D eigenvalue weighted by Crippen LogP contribution is 1.51. The van der Waals surface area contributed by atoms with E-state index in [1.807, 2.05) is 0 Å². The molecule has 0 aliphatic heterocycles. The molecular weight excluding hydrogens is 90.1 g/mol. The number of hydrogen-bond acceptors (Lipinski definition) is 1. The Morgan fingerprint density at radius 1 is 1.57 bits per heavy atom. The third kappa shape index (κ3) is 5.14. The van der Waals surface area contributed by atoms with Gasteiger partial charge < -0.3 is 5.32 Å². The molecule has 0 unspecified atom stereocenters. The van der Waals surface area contributed by atoms with Crippen LogP contribution in [0.3, 0.4) is 0 Å². The Balaban J connectivity index is 3.09. The molecule has 40 valence electrons. The van der Waals surface area contributed by atoms with E-state index < -0.39 is 0 Å². The minimum absolute atomic E-state index is 1.47. The second kappa shape index (κ2) is 5.14. The summed E-state index contributed by atoms with van der Waals surface area (Å²) in [4.78, 5) is 7.29. The Hall–Kier alpha value is -0.860. The maximum Gasteiger partial charge on any atom is 0.111 e. The van der Waals surface area contributed by atoms with E-state index in [-0.39, 0.29) is 0 Å². The van der Waals surface area contributed by atoms with Crippen molar-refractivity contribution in [3.05, 3.63) is 0 Å². The summed E-state index contributed by atoms with van der Waals surface area (Å²) in [6.45, 7) is 0. The molecule has 0 aromatic rings. The smallest absolute Gasteiger partial charge is 0.111 e. The molecule has 3 nitrogen and oxygen atoms in total. The van der Waals surface area contributed by atoms with Gasteiger partial charge in [0.25, 0.3) is 0 Å². The van der Waals surface area contributed by atoms with Crippen LogP contribution in [0.25, 0.3) is 0 Å². The Kier molecular flexibility index (Phi) is 4.51. The standard InChI is InChI=1S/C4H9N3/c1-5-3-7-4-6-2/h3-4H,1-2H3,(H,5,6,7). The van der Waals surface area contributed by atoms with Crippen molar-refractivity contribution in [1.82, 2.24) is 5.32 Å². The Morgan fingerprint density at radius 2 is 2.29 bits per heavy atom. The average Bonchev–Trinajstić information content (AvgIpc) is 1.69. The van der Waals surface area contributed by atoms with Crippen LogP contribution < -0.4 is 5.32 Å². The summed E-state index contributed by atoms with van der Waals surface area (Å²) >= 11 is 0. The lowest BCUT2D eigenvalue weighted by Gasteiger charge is -1.76. The lowest BCUT2D eigenvalue weighted by Crippen LogP contribution is -1.99. The summed E-state index contributed by atoms with van der Waals surface area (Å²) in [6, 6.07) is 0. The highest BCUT2D eigenvalue weighted by atomic mass is 14.9. The molecule has 0 saturated heterocycles. The van der Waals surface area contributed by atoms with Gasteiger partial charge in [-0.15, -0.1) is 0 Å². The number of rotatable bonds is 2. The normalized spacial score (nSPS) is 11.1. The molecule has 0 amide bonds. The highest BCUT2D eigenvalue weighted by molar-refractivity contribution is 5.70. The molecule has 0 spiro atoms. The van der Waals surface area contributed by atoms with E-state index in [0.29, 0.717) is 0 Å². The molecule has 0 aromatic carbocycles. The first kappa shape index (κ1) is 6.14. The molecule has 3 heteroatoms. The average molecular weight is 99.1 g/mol. The number of hydrogen-bond donors (Lipinski definition) is 1. The van der Waals surface area contributed by atoms with E-state index in [2.05, 4.69) is 15.3 Å². The van der Waals surface area contributed by atoms with Crippen LogP contribution in [0.4, 0.5) is 0 Å². The van der Waals surface area contributed by atoms with E-state index in [4.69, 9.17) is 0 Å². The van der Waals surface area contributed by atoms with Crippen LogP contribution in [0.2, 0.25) is 0 Å². The molecule has 0 bridgehead atoms. The number of aliphatic imine (C=N–C) groups is 2. The Morgan fingerprint density at radius 3 is 2.71 bits per heavy atom. The molecule has 0 radical (unpaired) electrons. The van der Waals surface area contributed by atoms with Gasteiger partial charge in [0.2, 0.25) is 0 Å². The van der Waals surface area contributed by atoms with E-state index in [0.717, 1.165) is 0 Å². The zero-order valence-electron chi connectivity index (χ0n) is 4.55. The second-order valence-corrected chi connectivity index (χ2v) is 0.941. The van der Waals surface area contributed by atoms with Crippen LogP contribution in [0.1, 0.15) is 0 Å². The zero-order chi connectivity index (χ0) is 5.54. The minimum Gasteiger partial charge on any atom is -0.379 e. The van der Waals surface area contributed by atoms with Crippen molar-refractivity contribution in [1.29, 1.82) is 0 Å². The molecule has 0 fully saturated rings. The first-order chi connectivity index (χ1) is 3.41. The van der Waals surface area contributed by atoms with Crippen molar-refractivity contribution >= 4 is 12.7 Å². The lowest BCUT2D eigenvalue weighted by atomic mass is 11.1. The van der Waals surface area contributed by atoms with Gasteiger partial charge in [0, 0.05) is 14.1 Å². The van der Waals surface area contributed by atoms with Gasteiger partial charge in [0.15, 0.2) is 0 Å². The summed E-state index contributed by atoms with van der Waals surface area (Å²) < 4.78 is 0. The van der Waals surface area contributed by atoms with Gasteiger partial charge in [-0.1, -0.05) is 0 Å². The first-order valence-electron chi connectivity index (χ1n) is 2.01. The van der Waals surface area contributed by atoms with Crippen molar-refractivity contribution in [2.45, 2.75) is 0 Å². The van der Waals surface area contributed by atoms with Crippen molar-refractivity contribution in [3.8, 4) is 0 Å². The summed E-state index contributed by atoms with van der Waals surface area (Å²) in [5.41, 5.74) is 0. The largest absolute Gasteiger partial charge is 0.379 e. The topological polar surface area (TPSA) is 36.8 Å². The van der Waals surface area contributed by atoms with Crippen LogP contribution in [0.15, 0.2) is 9.98 Å². The van der Waals surface area contributed by atoms with Gasteiger partial charge in [0.1, 0.15) is 6.34 Å². The van der Waals surface area contributed by atoms with Crippen molar-refractivity contribution < 1.29 is 0 Å². The second-order valence-electron chi connectivity index (χ2n) is 0.941. The van der Waals surface area contributed by atoms with Crippen LogP contribution in [-0.4, -0.2) is 26.8 Å². The van der Waals surface area contributed by atoms with Gasteiger partial charge in [0.05, 0.1) is 6.34 Å². The molecule has 7 heavy (non-hydrogen) atoms. The predicted molar refractivity (Wildman–Crippen MR) is 32.0 cm³/mol. The molecule has 0 atom stereocenters. The third-order valence-corrected chi connectivity index (χ3v) is 0.386. The Labute approximate surface area is 43.2 Å². The highest BCUT2D eigenvalue weighted by Gasteiger charge is 1.54. The van der Waals surface area contributed by atoms with Crippen LogP contribution in [0.5, 0.6) is 0 Å². The zero-order valence-corrected chi connectivity index (χ0v) is 4.55. The van der Waals surface area contributed by atoms with Gasteiger partial charge >= 0.3 is 0 Å². The molecule has 1 N–H and O–H groups in total. The minimum atomic E-state index is 1.47. The molecular formula is C4H9N3. The van der Waals surface area contributed by atoms with Crippen molar-refractivity contribution in [2.75, 3.05) is 14.1 Å². The predicted octanol–water partition coefficient (Wildman–Crippen LogP) is -0.108. The van der Waals surface area contributed by atoms with Gasteiger partial charge in [-0.2, -0.15) is 0 Å². The van der Waals surface area contributed by atoms with Crippen molar-refractivity contribution in [2.24, 2.45) is 9.98 Å². The summed E-state index contributed by atoms with van der Waals surface area (Å²) in [6.07, 6.45) is 3.03. The molecule has 0 rings (SSSR count). The van der Waals surface area contributed by atoms with E-state index in [1.165, 1.54) is 6.34 Å². The number of nitrogens with zero attached hydrogens (tertiary/aromatic N) is 2. The fourth-order valence-corrected chi connectivity index (χ4v) is 0.175. The van der Waals surface area contributed by atoms with Crippen LogP contribution in [0, 0.1) is 0 Å². The summed E-state index contributed by atoms with van der Waals surface area (Å²) in [7, 11) is 3.46. The Bertz CT molecular complexity index is 75.0. The fraction of sp³-hybridized carbons (Fsp3) is 0.500. The van der Waals surface area contributed by atoms with Crippen molar-refractivity contribution in [3.63, 3.8) is 0 Å². The van der Waals surface area contributed by atoms with Gasteiger partial charge in [-0.25, -0.2) is 4.99 Å². The maximum absolute atomic E-state index is 3.68. The monoisotopic (exact) mass is 99.1 g/mol. The SMILES string of the molecule is C/N=C/N=C/NC. The molecule has 0 aliphatic rings. The van der Waals surface area contributed by atoms with E-state index in [9.17, 15) is 0 Å². The summed E-state index contributed by atoms with van der Waals surface area (Å²) in [5, 5.41) is 2.72. The fourth-order valence-electron chi connectivity index (χ4n) is 0.175. The van der Waals surface area contributed by atoms with E-state index in [1.54, 1.807) is 20.4 Å². The van der Waals surface area contributed by atoms with Gasteiger partial charge in [-0.3, -0.25) is 4.99 Å². The quantitative estimate of drug-likeness (QED) is 0.380. The van der Waals surface area contributed by atoms with Gasteiger partial charge in [-0.05, 0) is 0 Å². The van der Waals surface area contributed by atoms with E-state index >= 15 is 0 Å². The molecule has 0 aliphatic carbocycles.